The summed E-state index contributed by atoms with van der Waals surface area (Å²) in [7, 11) is 1.53. The molecule has 126 valence electrons. The van der Waals surface area contributed by atoms with Crippen molar-refractivity contribution in [2.45, 2.75) is 24.7 Å². The van der Waals surface area contributed by atoms with E-state index in [2.05, 4.69) is 10.3 Å². The van der Waals surface area contributed by atoms with E-state index < -0.39 is 11.2 Å². The molecule has 2 aromatic rings. The van der Waals surface area contributed by atoms with Crippen molar-refractivity contribution in [1.29, 1.82) is 0 Å². The van der Waals surface area contributed by atoms with E-state index in [-0.39, 0.29) is 5.91 Å². The molecule has 0 spiro atoms. The molecule has 1 unspecified atom stereocenters. The number of anilines is 1. The third-order valence-corrected chi connectivity index (χ3v) is 4.71. The van der Waals surface area contributed by atoms with Crippen molar-refractivity contribution in [2.24, 2.45) is 0 Å². The van der Waals surface area contributed by atoms with Gasteiger partial charge in [-0.05, 0) is 25.0 Å². The summed E-state index contributed by atoms with van der Waals surface area (Å²) < 4.78 is 19.8. The standard InChI is InChI=1S/C18H18ClFN2O2/c1-24-12-10-14-16(21-11-12)22-17(23)18(14,8-4-5-9-19)13-6-2-3-7-15(13)20/h2-3,6-7,10-11H,4-5,8-9H2,1H3,(H,21,22,23). The molecule has 0 saturated heterocycles. The molecule has 3 rings (SSSR count). The molecule has 1 aliphatic heterocycles. The molecule has 1 N–H and O–H groups in total. The average molecular weight is 349 g/mol. The van der Waals surface area contributed by atoms with Gasteiger partial charge in [0.25, 0.3) is 0 Å². The number of ether oxygens (including phenoxy) is 1. The molecule has 1 aliphatic rings. The number of pyridine rings is 1. The number of fused-ring (bicyclic) bond motifs is 1. The van der Waals surface area contributed by atoms with Crippen LogP contribution in [0.15, 0.2) is 36.5 Å². The SMILES string of the molecule is COc1cnc2c(c1)C(CCCCCl)(c1ccccc1F)C(=O)N2. The highest BCUT2D eigenvalue weighted by atomic mass is 35.5. The lowest BCUT2D eigenvalue weighted by atomic mass is 9.72. The summed E-state index contributed by atoms with van der Waals surface area (Å²) in [5, 5.41) is 2.79. The van der Waals surface area contributed by atoms with Crippen molar-refractivity contribution in [1.82, 2.24) is 4.98 Å². The van der Waals surface area contributed by atoms with E-state index in [9.17, 15) is 9.18 Å². The molecular weight excluding hydrogens is 331 g/mol. The Morgan fingerprint density at radius 3 is 2.79 bits per heavy atom. The Labute approximate surface area is 145 Å². The highest BCUT2D eigenvalue weighted by Gasteiger charge is 2.50. The van der Waals surface area contributed by atoms with Gasteiger partial charge in [-0.1, -0.05) is 24.6 Å². The first kappa shape index (κ1) is 16.7. The molecule has 0 radical (unpaired) electrons. The fourth-order valence-corrected chi connectivity index (χ4v) is 3.45. The summed E-state index contributed by atoms with van der Waals surface area (Å²) in [6.45, 7) is 0. The predicted molar refractivity (Wildman–Crippen MR) is 91.2 cm³/mol. The Bertz CT molecular complexity index is 768. The average Bonchev–Trinajstić information content (AvgIpc) is 2.87. The number of rotatable bonds is 6. The Morgan fingerprint density at radius 2 is 2.08 bits per heavy atom. The number of carbonyl (C=O) groups excluding carboxylic acids is 1. The topological polar surface area (TPSA) is 51.2 Å². The van der Waals surface area contributed by atoms with Crippen molar-refractivity contribution in [2.75, 3.05) is 18.3 Å². The molecule has 2 heterocycles. The van der Waals surface area contributed by atoms with Gasteiger partial charge in [0.05, 0.1) is 13.3 Å². The van der Waals surface area contributed by atoms with E-state index in [1.165, 1.54) is 19.4 Å². The number of hydrogen-bond acceptors (Lipinski definition) is 3. The number of carbonyl (C=O) groups is 1. The molecule has 1 aromatic heterocycles. The minimum absolute atomic E-state index is 0.266. The monoisotopic (exact) mass is 348 g/mol. The number of benzene rings is 1. The Morgan fingerprint density at radius 1 is 1.29 bits per heavy atom. The molecule has 24 heavy (non-hydrogen) atoms. The molecule has 1 aromatic carbocycles. The van der Waals surface area contributed by atoms with Gasteiger partial charge in [-0.25, -0.2) is 9.37 Å². The predicted octanol–water partition coefficient (Wildman–Crippen LogP) is 3.88. The first-order chi connectivity index (χ1) is 11.6. The van der Waals surface area contributed by atoms with Crippen LogP contribution in [0.5, 0.6) is 5.75 Å². The van der Waals surface area contributed by atoms with Crippen molar-refractivity contribution >= 4 is 23.3 Å². The van der Waals surface area contributed by atoms with Gasteiger partial charge < -0.3 is 10.1 Å². The Kier molecular flexibility index (Phi) is 4.71. The molecule has 4 nitrogen and oxygen atoms in total. The fourth-order valence-electron chi connectivity index (χ4n) is 3.26. The van der Waals surface area contributed by atoms with E-state index in [0.29, 0.717) is 41.4 Å². The lowest BCUT2D eigenvalue weighted by Gasteiger charge is -2.28. The fraction of sp³-hybridized carbons (Fsp3) is 0.333. The summed E-state index contributed by atoms with van der Waals surface area (Å²) >= 11 is 5.79. The summed E-state index contributed by atoms with van der Waals surface area (Å²) in [4.78, 5) is 17.2. The maximum atomic E-state index is 14.6. The number of methoxy groups -OCH3 is 1. The summed E-state index contributed by atoms with van der Waals surface area (Å²) in [6.07, 6.45) is 3.43. The lowest BCUT2D eigenvalue weighted by Crippen LogP contribution is -2.36. The van der Waals surface area contributed by atoms with Crippen LogP contribution >= 0.6 is 11.6 Å². The minimum atomic E-state index is -1.12. The number of hydrogen-bond donors (Lipinski definition) is 1. The molecular formula is C18H18ClFN2O2. The third-order valence-electron chi connectivity index (χ3n) is 4.45. The highest BCUT2D eigenvalue weighted by Crippen LogP contribution is 2.47. The van der Waals surface area contributed by atoms with Gasteiger partial charge in [0.2, 0.25) is 5.91 Å². The smallest absolute Gasteiger partial charge is 0.240 e. The van der Waals surface area contributed by atoms with Crippen LogP contribution in [0.1, 0.15) is 30.4 Å². The van der Waals surface area contributed by atoms with E-state index in [0.717, 1.165) is 6.42 Å². The molecule has 0 aliphatic carbocycles. The van der Waals surface area contributed by atoms with Gasteiger partial charge in [0.15, 0.2) is 0 Å². The first-order valence-corrected chi connectivity index (χ1v) is 8.34. The van der Waals surface area contributed by atoms with E-state index >= 15 is 0 Å². The van der Waals surface area contributed by atoms with Crippen LogP contribution in [0, 0.1) is 5.82 Å². The maximum Gasteiger partial charge on any atom is 0.240 e. The molecule has 1 atom stereocenters. The van der Waals surface area contributed by atoms with E-state index in [4.69, 9.17) is 16.3 Å². The van der Waals surface area contributed by atoms with Crippen molar-refractivity contribution in [3.05, 3.63) is 53.5 Å². The zero-order valence-corrected chi connectivity index (χ0v) is 14.1. The second-order valence-electron chi connectivity index (χ2n) is 5.76. The normalized spacial score (nSPS) is 19.0. The molecule has 0 saturated carbocycles. The van der Waals surface area contributed by atoms with Crippen molar-refractivity contribution in [3.63, 3.8) is 0 Å². The van der Waals surface area contributed by atoms with Crippen LogP contribution in [-0.4, -0.2) is 23.9 Å². The number of unbranched alkanes of at least 4 members (excludes halogenated alkanes) is 1. The molecule has 1 amide bonds. The van der Waals surface area contributed by atoms with Crippen molar-refractivity contribution < 1.29 is 13.9 Å². The summed E-state index contributed by atoms with van der Waals surface area (Å²) in [5.41, 5.74) is -0.119. The zero-order chi connectivity index (χ0) is 17.2. The van der Waals surface area contributed by atoms with Crippen molar-refractivity contribution in [3.8, 4) is 5.75 Å². The van der Waals surface area contributed by atoms with E-state index in [1.54, 1.807) is 24.3 Å². The molecule has 0 fully saturated rings. The number of alkyl halides is 1. The van der Waals surface area contributed by atoms with Gasteiger partial charge in [-0.15, -0.1) is 11.6 Å². The zero-order valence-electron chi connectivity index (χ0n) is 13.3. The van der Waals surface area contributed by atoms with Gasteiger partial charge in [-0.2, -0.15) is 0 Å². The summed E-state index contributed by atoms with van der Waals surface area (Å²) in [5.74, 6) is 0.809. The van der Waals surface area contributed by atoms with Crippen LogP contribution < -0.4 is 10.1 Å². The van der Waals surface area contributed by atoms with Gasteiger partial charge in [0, 0.05) is 17.0 Å². The Balaban J connectivity index is 2.19. The van der Waals surface area contributed by atoms with Gasteiger partial charge in [0.1, 0.15) is 22.8 Å². The quantitative estimate of drug-likeness (QED) is 0.636. The summed E-state index contributed by atoms with van der Waals surface area (Å²) in [6, 6.07) is 8.14. The second-order valence-corrected chi connectivity index (χ2v) is 6.13. The lowest BCUT2D eigenvalue weighted by molar-refractivity contribution is -0.119. The highest BCUT2D eigenvalue weighted by molar-refractivity contribution is 6.17. The van der Waals surface area contributed by atoms with Crippen LogP contribution in [0.2, 0.25) is 0 Å². The number of aromatic nitrogens is 1. The van der Waals surface area contributed by atoms with Crippen LogP contribution in [0.4, 0.5) is 10.2 Å². The number of amides is 1. The van der Waals surface area contributed by atoms with Gasteiger partial charge >= 0.3 is 0 Å². The van der Waals surface area contributed by atoms with Crippen LogP contribution in [0.3, 0.4) is 0 Å². The van der Waals surface area contributed by atoms with Crippen LogP contribution in [-0.2, 0) is 10.2 Å². The van der Waals surface area contributed by atoms with Gasteiger partial charge in [-0.3, -0.25) is 4.79 Å². The first-order valence-electron chi connectivity index (χ1n) is 7.80. The second kappa shape index (κ2) is 6.77. The Hall–Kier alpha value is -2.14. The molecule has 0 bridgehead atoms. The van der Waals surface area contributed by atoms with E-state index in [1.807, 2.05) is 0 Å². The number of nitrogens with zero attached hydrogens (tertiary/aromatic N) is 1. The number of halogens is 2. The van der Waals surface area contributed by atoms with Crippen LogP contribution in [0.25, 0.3) is 0 Å². The maximum absolute atomic E-state index is 14.6. The molecule has 6 heteroatoms. The largest absolute Gasteiger partial charge is 0.495 e. The third kappa shape index (κ3) is 2.63. The minimum Gasteiger partial charge on any atom is -0.495 e. The number of nitrogens with one attached hydrogen (secondary N) is 1.